The van der Waals surface area contributed by atoms with Gasteiger partial charge < -0.3 is 19.7 Å². The molecule has 3 aromatic rings. The first-order chi connectivity index (χ1) is 17.6. The van der Waals surface area contributed by atoms with E-state index in [1.165, 1.54) is 31.4 Å². The minimum atomic E-state index is -1.13. The number of hydrogen-bond donors (Lipinski definition) is 2. The third kappa shape index (κ3) is 4.60. The lowest BCUT2D eigenvalue weighted by molar-refractivity contribution is -0.117. The van der Waals surface area contributed by atoms with Crippen molar-refractivity contribution in [2.24, 2.45) is 0 Å². The number of rotatable bonds is 8. The molecule has 1 unspecified atom stereocenters. The Balaban J connectivity index is 1.88. The van der Waals surface area contributed by atoms with Crippen molar-refractivity contribution in [1.82, 2.24) is 9.97 Å². The molecule has 4 rings (SSSR count). The molecule has 12 heteroatoms. The van der Waals surface area contributed by atoms with Crippen molar-refractivity contribution in [1.29, 1.82) is 0 Å². The number of carbonyl (C=O) groups is 3. The van der Waals surface area contributed by atoms with Crippen LogP contribution in [0.4, 0.5) is 5.13 Å². The summed E-state index contributed by atoms with van der Waals surface area (Å²) in [5.74, 6) is -2.84. The van der Waals surface area contributed by atoms with Gasteiger partial charge in [0.1, 0.15) is 11.5 Å². The highest BCUT2D eigenvalue weighted by Gasteiger charge is 2.47. The number of thiazole rings is 2. The number of methoxy groups -OCH3 is 1. The monoisotopic (exact) mass is 541 g/mol. The van der Waals surface area contributed by atoms with E-state index in [0.717, 1.165) is 27.6 Å². The molecule has 10 nitrogen and oxygen atoms in total. The highest BCUT2D eigenvalue weighted by Crippen LogP contribution is 2.45. The van der Waals surface area contributed by atoms with E-state index in [1.54, 1.807) is 20.8 Å². The molecular weight excluding hydrogens is 518 g/mol. The van der Waals surface area contributed by atoms with Crippen LogP contribution in [-0.2, 0) is 9.53 Å². The molecule has 1 atom stereocenters. The van der Waals surface area contributed by atoms with Gasteiger partial charge in [0.15, 0.2) is 22.4 Å². The second kappa shape index (κ2) is 10.1. The molecular formula is C25H23N3O7S2. The predicted octanol–water partition coefficient (Wildman–Crippen LogP) is 4.36. The maximum absolute atomic E-state index is 13.7. The van der Waals surface area contributed by atoms with Crippen LogP contribution in [0.15, 0.2) is 42.2 Å². The fourth-order valence-electron chi connectivity index (χ4n) is 3.95. The number of ether oxygens (including phenoxy) is 2. The molecule has 0 radical (unpaired) electrons. The Hall–Kier alpha value is -4.03. The lowest BCUT2D eigenvalue weighted by Crippen LogP contribution is -2.31. The first kappa shape index (κ1) is 26.0. The topological polar surface area (TPSA) is 139 Å². The minimum Gasteiger partial charge on any atom is -0.504 e. The lowest BCUT2D eigenvalue weighted by atomic mass is 9.95. The molecule has 192 valence electrons. The maximum atomic E-state index is 13.7. The molecule has 2 aromatic heterocycles. The summed E-state index contributed by atoms with van der Waals surface area (Å²) >= 11 is 2.05. The number of aromatic nitrogens is 2. The molecule has 37 heavy (non-hydrogen) atoms. The number of ketones is 1. The summed E-state index contributed by atoms with van der Waals surface area (Å²) in [5, 5.41) is 21.8. The quantitative estimate of drug-likeness (QED) is 0.242. The molecule has 1 amide bonds. The zero-order valence-corrected chi connectivity index (χ0v) is 22.0. The summed E-state index contributed by atoms with van der Waals surface area (Å²) in [6, 6.07) is 3.22. The van der Waals surface area contributed by atoms with Crippen LogP contribution in [0.25, 0.3) is 0 Å². The average Bonchev–Trinajstić information content (AvgIpc) is 3.50. The van der Waals surface area contributed by atoms with Crippen molar-refractivity contribution >= 4 is 45.5 Å². The molecule has 0 aliphatic carbocycles. The number of nitrogens with zero attached hydrogens (tertiary/aromatic N) is 3. The standard InChI is InChI=1S/C25H23N3O7S2/c1-6-9-35-24(33)22-12(3)27-25(37-22)28-18(14-7-8-15(29)16(10-14)34-5)17(20(31)23(28)32)19(30)21-11(2)26-13(4)36-21/h6-8,10,18,29,31H,1,9H2,2-5H3. The van der Waals surface area contributed by atoms with Gasteiger partial charge in [0.25, 0.3) is 5.91 Å². The molecule has 2 N–H and O–H groups in total. The number of aromatic hydroxyl groups is 1. The summed E-state index contributed by atoms with van der Waals surface area (Å²) in [6.07, 6.45) is 1.43. The number of hydrogen-bond acceptors (Lipinski definition) is 11. The number of Topliss-reactive ketones (excluding diaryl/α,β-unsaturated/α-hetero) is 1. The third-order valence-corrected chi connectivity index (χ3v) is 7.80. The van der Waals surface area contributed by atoms with Crippen molar-refractivity contribution in [2.75, 3.05) is 18.6 Å². The van der Waals surface area contributed by atoms with Gasteiger partial charge in [0.05, 0.1) is 40.0 Å². The van der Waals surface area contributed by atoms with Gasteiger partial charge in [-0.1, -0.05) is 30.1 Å². The van der Waals surface area contributed by atoms with E-state index in [0.29, 0.717) is 22.0 Å². The van der Waals surface area contributed by atoms with Crippen molar-refractivity contribution in [3.05, 3.63) is 73.9 Å². The molecule has 3 heterocycles. The van der Waals surface area contributed by atoms with Crippen molar-refractivity contribution < 1.29 is 34.1 Å². The highest BCUT2D eigenvalue weighted by atomic mass is 32.1. The summed E-state index contributed by atoms with van der Waals surface area (Å²) in [7, 11) is 1.37. The van der Waals surface area contributed by atoms with Crippen molar-refractivity contribution in [3.8, 4) is 11.5 Å². The summed E-state index contributed by atoms with van der Waals surface area (Å²) < 4.78 is 10.3. The molecule has 0 spiro atoms. The Bertz CT molecular complexity index is 1470. The Morgan fingerprint density at radius 3 is 2.46 bits per heavy atom. The largest absolute Gasteiger partial charge is 0.504 e. The second-order valence-electron chi connectivity index (χ2n) is 8.05. The van der Waals surface area contributed by atoms with E-state index in [1.807, 2.05) is 0 Å². The molecule has 0 saturated heterocycles. The number of amides is 1. The van der Waals surface area contributed by atoms with Crippen LogP contribution in [0, 0.1) is 20.8 Å². The summed E-state index contributed by atoms with van der Waals surface area (Å²) in [4.78, 5) is 49.9. The Morgan fingerprint density at radius 2 is 1.84 bits per heavy atom. The van der Waals surface area contributed by atoms with Crippen LogP contribution in [0.5, 0.6) is 11.5 Å². The van der Waals surface area contributed by atoms with Gasteiger partial charge in [0.2, 0.25) is 5.78 Å². The van der Waals surface area contributed by atoms with E-state index in [4.69, 9.17) is 9.47 Å². The highest BCUT2D eigenvalue weighted by molar-refractivity contribution is 7.17. The normalized spacial score (nSPS) is 15.3. The van der Waals surface area contributed by atoms with Gasteiger partial charge in [0, 0.05) is 0 Å². The van der Waals surface area contributed by atoms with Crippen molar-refractivity contribution in [2.45, 2.75) is 26.8 Å². The van der Waals surface area contributed by atoms with E-state index < -0.39 is 29.5 Å². The van der Waals surface area contributed by atoms with E-state index in [9.17, 15) is 24.6 Å². The number of phenolic OH excluding ortho intramolecular Hbond substituents is 1. The molecule has 1 aliphatic rings. The molecule has 0 bridgehead atoms. The number of aryl methyl sites for hydroxylation is 3. The summed E-state index contributed by atoms with van der Waals surface area (Å²) in [5.41, 5.74) is 0.987. The van der Waals surface area contributed by atoms with Crippen LogP contribution >= 0.6 is 22.7 Å². The van der Waals surface area contributed by atoms with E-state index in [2.05, 4.69) is 16.5 Å². The van der Waals surface area contributed by atoms with Crippen LogP contribution in [0.2, 0.25) is 0 Å². The number of aliphatic hydroxyl groups is 1. The average molecular weight is 542 g/mol. The van der Waals surface area contributed by atoms with Gasteiger partial charge >= 0.3 is 5.97 Å². The maximum Gasteiger partial charge on any atom is 0.350 e. The predicted molar refractivity (Wildman–Crippen MR) is 138 cm³/mol. The number of benzene rings is 1. The van der Waals surface area contributed by atoms with Crippen LogP contribution in [-0.4, -0.2) is 51.6 Å². The smallest absolute Gasteiger partial charge is 0.350 e. The van der Waals surface area contributed by atoms with Gasteiger partial charge in [-0.15, -0.1) is 11.3 Å². The Labute approximate surface area is 220 Å². The second-order valence-corrected chi connectivity index (χ2v) is 10.2. The third-order valence-electron chi connectivity index (χ3n) is 5.59. The van der Waals surface area contributed by atoms with Gasteiger partial charge in [-0.3, -0.25) is 14.5 Å². The number of esters is 1. The molecule has 1 aliphatic heterocycles. The number of anilines is 1. The Morgan fingerprint density at radius 1 is 1.14 bits per heavy atom. The molecule has 0 fully saturated rings. The Kier molecular flexibility index (Phi) is 7.14. The van der Waals surface area contributed by atoms with Gasteiger partial charge in [-0.2, -0.15) is 0 Å². The van der Waals surface area contributed by atoms with Crippen LogP contribution < -0.4 is 9.64 Å². The SMILES string of the molecule is C=CCOC(=O)c1sc(N2C(=O)C(O)=C(C(=O)c3sc(C)nc3C)C2c2ccc(O)c(OC)c2)nc1C. The summed E-state index contributed by atoms with van der Waals surface area (Å²) in [6.45, 7) is 8.53. The number of phenols is 1. The first-order valence-corrected chi connectivity index (χ1v) is 12.6. The number of aliphatic hydroxyl groups excluding tert-OH is 1. The van der Waals surface area contributed by atoms with E-state index in [-0.39, 0.29) is 38.6 Å². The minimum absolute atomic E-state index is 0.00130. The zero-order chi connectivity index (χ0) is 27.0. The van der Waals surface area contributed by atoms with Crippen LogP contribution in [0.1, 0.15) is 47.3 Å². The molecule has 1 aromatic carbocycles. The number of carbonyl (C=O) groups excluding carboxylic acids is 3. The fourth-order valence-corrected chi connectivity index (χ4v) is 5.81. The molecule has 0 saturated carbocycles. The van der Waals surface area contributed by atoms with E-state index >= 15 is 0 Å². The first-order valence-electron chi connectivity index (χ1n) is 11.0. The van der Waals surface area contributed by atoms with Crippen molar-refractivity contribution in [3.63, 3.8) is 0 Å². The van der Waals surface area contributed by atoms with Gasteiger partial charge in [-0.05, 0) is 38.5 Å². The lowest BCUT2D eigenvalue weighted by Gasteiger charge is -2.25. The zero-order valence-electron chi connectivity index (χ0n) is 20.4. The van der Waals surface area contributed by atoms with Crippen LogP contribution in [0.3, 0.4) is 0 Å². The van der Waals surface area contributed by atoms with Gasteiger partial charge in [-0.25, -0.2) is 14.8 Å². The fraction of sp³-hybridized carbons (Fsp3) is 0.240.